The van der Waals surface area contributed by atoms with Gasteiger partial charge in [-0.3, -0.25) is 4.79 Å². The van der Waals surface area contributed by atoms with Crippen molar-refractivity contribution in [2.75, 3.05) is 32.8 Å². The maximum Gasteiger partial charge on any atom is 0.409 e. The third-order valence-corrected chi connectivity index (χ3v) is 6.71. The van der Waals surface area contributed by atoms with Crippen molar-refractivity contribution in [1.29, 1.82) is 0 Å². The lowest BCUT2D eigenvalue weighted by Crippen LogP contribution is -2.46. The summed E-state index contributed by atoms with van der Waals surface area (Å²) in [6, 6.07) is 6.37. The molecule has 0 saturated carbocycles. The van der Waals surface area contributed by atoms with E-state index in [4.69, 9.17) is 4.74 Å². The predicted octanol–water partition coefficient (Wildman–Crippen LogP) is 3.73. The number of carbonyl (C=O) groups excluding carboxylic acids is 2. The molecule has 0 spiro atoms. The molecule has 2 aliphatic rings. The van der Waals surface area contributed by atoms with Crippen molar-refractivity contribution in [1.82, 2.24) is 25.3 Å². The fraction of sp³-hybridized carbons (Fsp3) is 0.560. The lowest BCUT2D eigenvalue weighted by molar-refractivity contribution is 0.0859. The van der Waals surface area contributed by atoms with Crippen molar-refractivity contribution in [3.05, 3.63) is 46.8 Å². The van der Waals surface area contributed by atoms with Gasteiger partial charge in [0.05, 0.1) is 29.7 Å². The summed E-state index contributed by atoms with van der Waals surface area (Å²) in [4.78, 5) is 27.1. The minimum Gasteiger partial charge on any atom is -0.450 e. The molecule has 1 aromatic carbocycles. The van der Waals surface area contributed by atoms with Crippen molar-refractivity contribution in [3.8, 4) is 5.69 Å². The van der Waals surface area contributed by atoms with Crippen molar-refractivity contribution >= 4 is 24.4 Å². The topological polar surface area (TPSA) is 88.5 Å². The van der Waals surface area contributed by atoms with E-state index in [1.165, 1.54) is 5.56 Å². The highest BCUT2D eigenvalue weighted by Gasteiger charge is 2.30. The maximum atomic E-state index is 13.4. The molecule has 0 aliphatic carbocycles. The van der Waals surface area contributed by atoms with E-state index >= 15 is 0 Å². The van der Waals surface area contributed by atoms with E-state index in [0.29, 0.717) is 25.3 Å². The van der Waals surface area contributed by atoms with Crippen LogP contribution in [0.5, 0.6) is 0 Å². The number of rotatable bonds is 5. The van der Waals surface area contributed by atoms with E-state index in [1.54, 1.807) is 11.1 Å². The van der Waals surface area contributed by atoms with Crippen LogP contribution < -0.4 is 10.6 Å². The van der Waals surface area contributed by atoms with Gasteiger partial charge in [-0.25, -0.2) is 9.48 Å². The predicted molar refractivity (Wildman–Crippen MR) is 134 cm³/mol. The molecule has 4 rings (SSSR count). The Hall–Kier alpha value is -2.58. The monoisotopic (exact) mass is 489 g/mol. The highest BCUT2D eigenvalue weighted by atomic mass is 35.5. The van der Waals surface area contributed by atoms with Gasteiger partial charge in [-0.05, 0) is 71.2 Å². The quantitative estimate of drug-likeness (QED) is 0.668. The molecule has 9 heteroatoms. The zero-order valence-corrected chi connectivity index (χ0v) is 21.1. The molecule has 2 N–H and O–H groups in total. The van der Waals surface area contributed by atoms with Crippen LogP contribution >= 0.6 is 12.4 Å². The van der Waals surface area contributed by atoms with Gasteiger partial charge in [0.15, 0.2) is 0 Å². The first-order valence-electron chi connectivity index (χ1n) is 12.1. The molecule has 186 valence electrons. The zero-order chi connectivity index (χ0) is 23.4. The van der Waals surface area contributed by atoms with Gasteiger partial charge in [0.1, 0.15) is 0 Å². The fourth-order valence-electron chi connectivity index (χ4n) is 4.94. The van der Waals surface area contributed by atoms with E-state index in [0.717, 1.165) is 55.7 Å². The summed E-state index contributed by atoms with van der Waals surface area (Å²) in [6.07, 6.45) is 4.85. The van der Waals surface area contributed by atoms with Gasteiger partial charge < -0.3 is 20.3 Å². The largest absolute Gasteiger partial charge is 0.450 e. The number of aryl methyl sites for hydroxylation is 2. The second kappa shape index (κ2) is 11.7. The number of piperidine rings is 2. The molecule has 0 radical (unpaired) electrons. The molecule has 2 aromatic rings. The second-order valence-corrected chi connectivity index (χ2v) is 9.10. The highest BCUT2D eigenvalue weighted by molar-refractivity contribution is 5.95. The summed E-state index contributed by atoms with van der Waals surface area (Å²) in [7, 11) is 0. The van der Waals surface area contributed by atoms with Crippen LogP contribution in [0.4, 0.5) is 4.79 Å². The summed E-state index contributed by atoms with van der Waals surface area (Å²) in [5, 5.41) is 11.3. The van der Waals surface area contributed by atoms with Gasteiger partial charge in [-0.15, -0.1) is 12.4 Å². The van der Waals surface area contributed by atoms with Crippen LogP contribution in [0, 0.1) is 13.8 Å². The van der Waals surface area contributed by atoms with Crippen molar-refractivity contribution in [2.45, 2.75) is 58.4 Å². The Bertz CT molecular complexity index is 994. The Morgan fingerprint density at radius 1 is 1.15 bits per heavy atom. The van der Waals surface area contributed by atoms with Crippen LogP contribution in [0.2, 0.25) is 0 Å². The van der Waals surface area contributed by atoms with Crippen LogP contribution in [-0.2, 0) is 4.74 Å². The molecule has 0 bridgehead atoms. The Labute approximate surface area is 207 Å². The number of amides is 2. The van der Waals surface area contributed by atoms with Crippen LogP contribution in [0.3, 0.4) is 0 Å². The number of ether oxygens (including phenoxy) is 1. The summed E-state index contributed by atoms with van der Waals surface area (Å²) in [6.45, 7) is 9.42. The van der Waals surface area contributed by atoms with E-state index in [2.05, 4.69) is 47.8 Å². The lowest BCUT2D eigenvalue weighted by Gasteiger charge is -2.31. The lowest BCUT2D eigenvalue weighted by atomic mass is 9.91. The molecule has 2 fully saturated rings. The number of aromatic nitrogens is 2. The van der Waals surface area contributed by atoms with E-state index in [-0.39, 0.29) is 36.4 Å². The van der Waals surface area contributed by atoms with E-state index < -0.39 is 0 Å². The minimum absolute atomic E-state index is 0. The van der Waals surface area contributed by atoms with Gasteiger partial charge in [0.2, 0.25) is 0 Å². The van der Waals surface area contributed by atoms with E-state index in [9.17, 15) is 9.59 Å². The molecule has 2 saturated heterocycles. The van der Waals surface area contributed by atoms with E-state index in [1.807, 2.05) is 11.6 Å². The standard InChI is InChI=1S/C25H35N5O3.ClH/c1-4-33-25(32)29-13-9-20(10-14-29)28-24(31)21-16-27-30(22-6-5-17(2)15-18(22)3)23(21)19-7-11-26-12-8-19;/h5-6,15-16,19-20,26H,4,7-14H2,1-3H3,(H,28,31);1H. The molecule has 2 aliphatic heterocycles. The maximum absolute atomic E-state index is 13.4. The van der Waals surface area contributed by atoms with Crippen LogP contribution in [0.1, 0.15) is 65.7 Å². The smallest absolute Gasteiger partial charge is 0.409 e. The molecule has 0 unspecified atom stereocenters. The Balaban J connectivity index is 0.00000324. The molecular weight excluding hydrogens is 454 g/mol. The normalized spacial score (nSPS) is 17.2. The summed E-state index contributed by atoms with van der Waals surface area (Å²) in [5.74, 6) is 0.204. The SMILES string of the molecule is CCOC(=O)N1CCC(NC(=O)c2cnn(-c3ccc(C)cc3C)c2C2CCNCC2)CC1.Cl. The van der Waals surface area contributed by atoms with Gasteiger partial charge in [-0.1, -0.05) is 17.7 Å². The van der Waals surface area contributed by atoms with Crippen molar-refractivity contribution < 1.29 is 14.3 Å². The third kappa shape index (κ3) is 5.73. The molecule has 1 aromatic heterocycles. The molecule has 0 atom stereocenters. The summed E-state index contributed by atoms with van der Waals surface area (Å²) >= 11 is 0. The number of hydrogen-bond acceptors (Lipinski definition) is 5. The first kappa shape index (κ1) is 26.0. The molecule has 8 nitrogen and oxygen atoms in total. The number of carbonyl (C=O) groups is 2. The van der Waals surface area contributed by atoms with Crippen molar-refractivity contribution in [3.63, 3.8) is 0 Å². The van der Waals surface area contributed by atoms with Crippen molar-refractivity contribution in [2.24, 2.45) is 0 Å². The number of nitrogens with one attached hydrogen (secondary N) is 2. The molecule has 34 heavy (non-hydrogen) atoms. The first-order chi connectivity index (χ1) is 16.0. The van der Waals surface area contributed by atoms with Gasteiger partial charge >= 0.3 is 6.09 Å². The Morgan fingerprint density at radius 2 is 1.85 bits per heavy atom. The zero-order valence-electron chi connectivity index (χ0n) is 20.3. The Morgan fingerprint density at radius 3 is 2.50 bits per heavy atom. The number of nitrogens with zero attached hydrogens (tertiary/aromatic N) is 3. The summed E-state index contributed by atoms with van der Waals surface area (Å²) < 4.78 is 7.07. The van der Waals surface area contributed by atoms with Crippen LogP contribution in [-0.4, -0.2) is 65.5 Å². The van der Waals surface area contributed by atoms with Crippen LogP contribution in [0.25, 0.3) is 5.69 Å². The molecule has 3 heterocycles. The summed E-state index contributed by atoms with van der Waals surface area (Å²) in [5.41, 5.74) is 5.04. The fourth-order valence-corrected chi connectivity index (χ4v) is 4.94. The highest BCUT2D eigenvalue weighted by Crippen LogP contribution is 2.31. The molecule has 2 amide bonds. The third-order valence-electron chi connectivity index (χ3n) is 6.71. The number of hydrogen-bond donors (Lipinski definition) is 2. The number of likely N-dealkylation sites (tertiary alicyclic amines) is 1. The average Bonchev–Trinajstić information content (AvgIpc) is 3.25. The van der Waals surface area contributed by atoms with Gasteiger partial charge in [0, 0.05) is 25.0 Å². The van der Waals surface area contributed by atoms with Gasteiger partial charge in [0.25, 0.3) is 5.91 Å². The average molecular weight is 490 g/mol. The number of halogens is 1. The Kier molecular flexibility index (Phi) is 8.97. The number of benzene rings is 1. The van der Waals surface area contributed by atoms with Crippen LogP contribution in [0.15, 0.2) is 24.4 Å². The molecular formula is C25H36ClN5O3. The minimum atomic E-state index is -0.273. The first-order valence-corrected chi connectivity index (χ1v) is 12.1. The second-order valence-electron chi connectivity index (χ2n) is 9.10. The van der Waals surface area contributed by atoms with Gasteiger partial charge in [-0.2, -0.15) is 5.10 Å².